The highest BCUT2D eigenvalue weighted by Crippen LogP contribution is 2.24. The maximum absolute atomic E-state index is 11.1. The van der Waals surface area contributed by atoms with E-state index in [2.05, 4.69) is 26.0 Å². The number of hydrogen-bond donors (Lipinski definition) is 1. The lowest BCUT2D eigenvalue weighted by Gasteiger charge is -2.05. The van der Waals surface area contributed by atoms with E-state index in [1.54, 1.807) is 23.0 Å². The summed E-state index contributed by atoms with van der Waals surface area (Å²) in [6, 6.07) is 6.98. The number of nitrogens with zero attached hydrogens (tertiary/aromatic N) is 3. The molecule has 0 aliphatic heterocycles. The quantitative estimate of drug-likeness (QED) is 0.778. The van der Waals surface area contributed by atoms with Crippen molar-refractivity contribution >= 4 is 32.8 Å². The van der Waals surface area contributed by atoms with Crippen molar-refractivity contribution < 1.29 is 9.90 Å². The Morgan fingerprint density at radius 2 is 2.09 bits per heavy atom. The molecule has 112 valence electrons. The second kappa shape index (κ2) is 5.53. The molecule has 0 unspecified atom stereocenters. The van der Waals surface area contributed by atoms with E-state index in [1.165, 1.54) is 0 Å². The van der Waals surface area contributed by atoms with Gasteiger partial charge in [-0.15, -0.1) is 0 Å². The number of hydrogen-bond acceptors (Lipinski definition) is 3. The lowest BCUT2D eigenvalue weighted by molar-refractivity contribution is 0.0697. The molecule has 0 bridgehead atoms. The maximum Gasteiger partial charge on any atom is 0.335 e. The molecule has 0 radical (unpaired) electrons. The van der Waals surface area contributed by atoms with Gasteiger partial charge in [0.05, 0.1) is 22.5 Å². The first-order valence-electron chi connectivity index (χ1n) is 6.76. The number of halogens is 1. The van der Waals surface area contributed by atoms with Crippen LogP contribution in [0.4, 0.5) is 0 Å². The molecule has 0 saturated carbocycles. The van der Waals surface area contributed by atoms with E-state index < -0.39 is 5.97 Å². The highest BCUT2D eigenvalue weighted by Gasteiger charge is 2.14. The molecule has 2 heterocycles. The van der Waals surface area contributed by atoms with Crippen molar-refractivity contribution in [3.05, 3.63) is 57.4 Å². The third-order valence-electron chi connectivity index (χ3n) is 3.75. The van der Waals surface area contributed by atoms with Crippen LogP contribution in [-0.4, -0.2) is 25.8 Å². The van der Waals surface area contributed by atoms with Crippen molar-refractivity contribution in [1.82, 2.24) is 14.8 Å². The van der Waals surface area contributed by atoms with Crippen molar-refractivity contribution in [2.45, 2.75) is 13.3 Å². The Hall–Kier alpha value is -2.21. The third kappa shape index (κ3) is 2.50. The Kier molecular flexibility index (Phi) is 3.70. The van der Waals surface area contributed by atoms with E-state index in [1.807, 2.05) is 26.1 Å². The highest BCUT2D eigenvalue weighted by atomic mass is 79.9. The summed E-state index contributed by atoms with van der Waals surface area (Å²) >= 11 is 3.51. The molecule has 2 aromatic heterocycles. The van der Waals surface area contributed by atoms with Gasteiger partial charge in [0.15, 0.2) is 0 Å². The number of pyridine rings is 1. The molecule has 22 heavy (non-hydrogen) atoms. The number of benzene rings is 1. The SMILES string of the molecule is Cc1c(Br)ccnc1Cc1nn(C)c2cc(C(=O)O)ccc12. The van der Waals surface area contributed by atoms with Crippen molar-refractivity contribution in [3.8, 4) is 0 Å². The summed E-state index contributed by atoms with van der Waals surface area (Å²) < 4.78 is 2.73. The molecule has 3 rings (SSSR count). The number of carboxylic acid groups (broad SMARTS) is 1. The number of aromatic nitrogens is 3. The largest absolute Gasteiger partial charge is 0.478 e. The number of carbonyl (C=O) groups is 1. The summed E-state index contributed by atoms with van der Waals surface area (Å²) in [7, 11) is 1.82. The zero-order valence-corrected chi connectivity index (χ0v) is 13.8. The first-order chi connectivity index (χ1) is 10.5. The second-order valence-electron chi connectivity index (χ2n) is 5.15. The molecule has 0 amide bonds. The maximum atomic E-state index is 11.1. The Labute approximate surface area is 135 Å². The standard InChI is InChI=1S/C16H14BrN3O2/c1-9-12(17)5-6-18-13(9)8-14-11-4-3-10(16(21)22)7-15(11)20(2)19-14/h3-7H,8H2,1-2H3,(H,21,22). The van der Waals surface area contributed by atoms with Crippen LogP contribution in [0.15, 0.2) is 34.9 Å². The first-order valence-corrected chi connectivity index (χ1v) is 7.55. The zero-order chi connectivity index (χ0) is 15.9. The van der Waals surface area contributed by atoms with E-state index in [0.29, 0.717) is 6.42 Å². The van der Waals surface area contributed by atoms with E-state index in [9.17, 15) is 4.79 Å². The van der Waals surface area contributed by atoms with Crippen molar-refractivity contribution in [3.63, 3.8) is 0 Å². The summed E-state index contributed by atoms with van der Waals surface area (Å²) in [5, 5.41) is 14.6. The highest BCUT2D eigenvalue weighted by molar-refractivity contribution is 9.10. The smallest absolute Gasteiger partial charge is 0.335 e. The summed E-state index contributed by atoms with van der Waals surface area (Å²) in [6.07, 6.45) is 2.37. The predicted octanol–water partition coefficient (Wildman–Crippen LogP) is 3.33. The van der Waals surface area contributed by atoms with Gasteiger partial charge in [-0.2, -0.15) is 5.10 Å². The van der Waals surface area contributed by atoms with Crippen LogP contribution in [0.2, 0.25) is 0 Å². The molecular formula is C16H14BrN3O2. The average Bonchev–Trinajstić information content (AvgIpc) is 2.80. The summed E-state index contributed by atoms with van der Waals surface area (Å²) in [6.45, 7) is 2.01. The Balaban J connectivity index is 2.08. The zero-order valence-electron chi connectivity index (χ0n) is 12.2. The van der Waals surface area contributed by atoms with Crippen LogP contribution in [0.3, 0.4) is 0 Å². The molecule has 0 saturated heterocycles. The molecule has 1 aromatic carbocycles. The normalized spacial score (nSPS) is 11.0. The molecule has 0 aliphatic rings. The summed E-state index contributed by atoms with van der Waals surface area (Å²) in [5.41, 5.74) is 4.00. The van der Waals surface area contributed by atoms with Gasteiger partial charge in [0.1, 0.15) is 0 Å². The van der Waals surface area contributed by atoms with Crippen molar-refractivity contribution in [2.75, 3.05) is 0 Å². The van der Waals surface area contributed by atoms with Gasteiger partial charge < -0.3 is 5.11 Å². The Bertz CT molecular complexity index is 886. The van der Waals surface area contributed by atoms with Gasteiger partial charge in [0.2, 0.25) is 0 Å². The van der Waals surface area contributed by atoms with Crippen LogP contribution < -0.4 is 0 Å². The van der Waals surface area contributed by atoms with Crippen LogP contribution in [0.5, 0.6) is 0 Å². The van der Waals surface area contributed by atoms with Crippen LogP contribution in [0, 0.1) is 6.92 Å². The van der Waals surface area contributed by atoms with Crippen LogP contribution in [0.25, 0.3) is 10.9 Å². The van der Waals surface area contributed by atoms with Gasteiger partial charge >= 0.3 is 5.97 Å². The molecule has 0 fully saturated rings. The molecule has 6 heteroatoms. The minimum Gasteiger partial charge on any atom is -0.478 e. The predicted molar refractivity (Wildman–Crippen MR) is 87.2 cm³/mol. The Morgan fingerprint density at radius 3 is 2.82 bits per heavy atom. The monoisotopic (exact) mass is 359 g/mol. The number of rotatable bonds is 3. The minimum atomic E-state index is -0.936. The van der Waals surface area contributed by atoms with Crippen molar-refractivity contribution in [2.24, 2.45) is 7.05 Å². The lowest BCUT2D eigenvalue weighted by atomic mass is 10.1. The fraction of sp³-hybridized carbons (Fsp3) is 0.188. The first kappa shape index (κ1) is 14.7. The molecular weight excluding hydrogens is 346 g/mol. The average molecular weight is 360 g/mol. The van der Waals surface area contributed by atoms with E-state index >= 15 is 0 Å². The van der Waals surface area contributed by atoms with Gasteiger partial charge in [-0.1, -0.05) is 22.0 Å². The number of aryl methyl sites for hydroxylation is 1. The topological polar surface area (TPSA) is 68.0 Å². The Morgan fingerprint density at radius 1 is 1.32 bits per heavy atom. The third-order valence-corrected chi connectivity index (χ3v) is 4.61. The van der Waals surface area contributed by atoms with Gasteiger partial charge in [0.25, 0.3) is 0 Å². The summed E-state index contributed by atoms with van der Waals surface area (Å²) in [4.78, 5) is 15.5. The van der Waals surface area contributed by atoms with Crippen LogP contribution in [0.1, 0.15) is 27.3 Å². The fourth-order valence-electron chi connectivity index (χ4n) is 2.49. The van der Waals surface area contributed by atoms with Crippen LogP contribution in [-0.2, 0) is 13.5 Å². The molecule has 3 aromatic rings. The molecule has 0 atom stereocenters. The number of aromatic carboxylic acids is 1. The fourth-order valence-corrected chi connectivity index (χ4v) is 2.83. The van der Waals surface area contributed by atoms with E-state index in [4.69, 9.17) is 5.11 Å². The van der Waals surface area contributed by atoms with Crippen LogP contribution >= 0.6 is 15.9 Å². The summed E-state index contributed by atoms with van der Waals surface area (Å²) in [5.74, 6) is -0.936. The van der Waals surface area contributed by atoms with Gasteiger partial charge in [0, 0.05) is 29.5 Å². The minimum absolute atomic E-state index is 0.263. The van der Waals surface area contributed by atoms with Gasteiger partial charge in [-0.3, -0.25) is 9.67 Å². The molecule has 1 N–H and O–H groups in total. The lowest BCUT2D eigenvalue weighted by Crippen LogP contribution is -1.98. The number of carboxylic acids is 1. The van der Waals surface area contributed by atoms with E-state index in [-0.39, 0.29) is 5.56 Å². The molecule has 0 aliphatic carbocycles. The molecule has 0 spiro atoms. The molecule has 5 nitrogen and oxygen atoms in total. The van der Waals surface area contributed by atoms with E-state index in [0.717, 1.165) is 32.3 Å². The number of fused-ring (bicyclic) bond motifs is 1. The van der Waals surface area contributed by atoms with Gasteiger partial charge in [-0.05, 0) is 30.7 Å². The van der Waals surface area contributed by atoms with Gasteiger partial charge in [-0.25, -0.2) is 4.79 Å². The van der Waals surface area contributed by atoms with Crippen molar-refractivity contribution in [1.29, 1.82) is 0 Å². The second-order valence-corrected chi connectivity index (χ2v) is 6.00.